The number of amides is 1. The van der Waals surface area contributed by atoms with Crippen molar-refractivity contribution in [2.75, 3.05) is 12.4 Å². The van der Waals surface area contributed by atoms with E-state index in [0.29, 0.717) is 0 Å². The molecule has 0 saturated heterocycles. The molecule has 0 radical (unpaired) electrons. The molecule has 8 heteroatoms. The van der Waals surface area contributed by atoms with E-state index in [0.717, 1.165) is 25.3 Å². The molecular weight excluding hydrogens is 275 g/mol. The molecule has 0 aliphatic heterocycles. The first-order valence-corrected chi connectivity index (χ1v) is 4.90. The van der Waals surface area contributed by atoms with E-state index in [2.05, 4.69) is 4.74 Å². The van der Waals surface area contributed by atoms with E-state index in [1.165, 1.54) is 0 Å². The van der Waals surface area contributed by atoms with Crippen molar-refractivity contribution in [3.05, 3.63) is 28.8 Å². The second-order valence-electron chi connectivity index (χ2n) is 3.11. The summed E-state index contributed by atoms with van der Waals surface area (Å²) in [4.78, 5) is 22.0. The number of rotatable bonds is 1. The highest BCUT2D eigenvalue weighted by Crippen LogP contribution is 2.38. The van der Waals surface area contributed by atoms with Crippen molar-refractivity contribution in [3.63, 3.8) is 0 Å². The fraction of sp³-hybridized carbons (Fsp3) is 0.200. The van der Waals surface area contributed by atoms with Crippen LogP contribution < -0.4 is 5.32 Å². The summed E-state index contributed by atoms with van der Waals surface area (Å²) in [5.74, 6) is -2.65. The fourth-order valence-electron chi connectivity index (χ4n) is 1.14. The molecule has 98 valence electrons. The standard InChI is InChI=1S/C10H7ClF3NO3/c1-18-9(17)8(16)15-7-5(10(12,13)14)3-2-4-6(7)11/h2-4H,1H3,(H,15,16). The number of ether oxygens (including phenoxy) is 1. The van der Waals surface area contributed by atoms with Gasteiger partial charge in [-0.3, -0.25) is 4.79 Å². The van der Waals surface area contributed by atoms with Crippen molar-refractivity contribution in [1.82, 2.24) is 0 Å². The Hall–Kier alpha value is -1.76. The van der Waals surface area contributed by atoms with Gasteiger partial charge in [-0.05, 0) is 12.1 Å². The number of para-hydroxylation sites is 1. The average Bonchev–Trinajstić information content (AvgIpc) is 2.29. The van der Waals surface area contributed by atoms with Gasteiger partial charge in [-0.1, -0.05) is 17.7 Å². The molecule has 0 bridgehead atoms. The van der Waals surface area contributed by atoms with Crippen LogP contribution in [-0.2, 0) is 20.5 Å². The average molecular weight is 282 g/mol. The summed E-state index contributed by atoms with van der Waals surface area (Å²) in [5, 5.41) is 1.44. The molecule has 0 saturated carbocycles. The van der Waals surface area contributed by atoms with Gasteiger partial charge in [0.25, 0.3) is 0 Å². The maximum Gasteiger partial charge on any atom is 0.418 e. The molecule has 18 heavy (non-hydrogen) atoms. The summed E-state index contributed by atoms with van der Waals surface area (Å²) >= 11 is 5.56. The summed E-state index contributed by atoms with van der Waals surface area (Å²) < 4.78 is 42.0. The fourth-order valence-corrected chi connectivity index (χ4v) is 1.37. The van der Waals surface area contributed by atoms with E-state index in [1.807, 2.05) is 0 Å². The van der Waals surface area contributed by atoms with Gasteiger partial charge in [0.1, 0.15) is 0 Å². The van der Waals surface area contributed by atoms with Crippen LogP contribution >= 0.6 is 11.6 Å². The molecule has 1 aromatic carbocycles. The first-order valence-electron chi connectivity index (χ1n) is 4.52. The molecule has 1 aromatic rings. The lowest BCUT2D eigenvalue weighted by Gasteiger charge is -2.14. The van der Waals surface area contributed by atoms with Crippen LogP contribution in [0, 0.1) is 0 Å². The third-order valence-electron chi connectivity index (χ3n) is 1.93. The first kappa shape index (κ1) is 14.3. The third kappa shape index (κ3) is 3.13. The molecule has 1 amide bonds. The van der Waals surface area contributed by atoms with Gasteiger partial charge in [0, 0.05) is 0 Å². The van der Waals surface area contributed by atoms with Crippen LogP contribution in [0.1, 0.15) is 5.56 Å². The van der Waals surface area contributed by atoms with Crippen LogP contribution in [0.3, 0.4) is 0 Å². The molecule has 0 aliphatic carbocycles. The maximum atomic E-state index is 12.6. The Morgan fingerprint density at radius 1 is 1.33 bits per heavy atom. The number of halogens is 4. The normalized spacial score (nSPS) is 10.9. The molecule has 0 atom stereocenters. The van der Waals surface area contributed by atoms with Gasteiger partial charge in [-0.15, -0.1) is 0 Å². The minimum absolute atomic E-state index is 0.331. The van der Waals surface area contributed by atoms with Crippen molar-refractivity contribution in [3.8, 4) is 0 Å². The highest BCUT2D eigenvalue weighted by molar-refractivity contribution is 6.40. The first-order chi connectivity index (χ1) is 8.27. The van der Waals surface area contributed by atoms with Crippen LogP contribution in [0.2, 0.25) is 5.02 Å². The van der Waals surface area contributed by atoms with Crippen molar-refractivity contribution < 1.29 is 27.5 Å². The van der Waals surface area contributed by atoms with E-state index in [9.17, 15) is 22.8 Å². The Bertz CT molecular complexity index is 488. The van der Waals surface area contributed by atoms with Gasteiger partial charge in [-0.2, -0.15) is 13.2 Å². The summed E-state index contributed by atoms with van der Waals surface area (Å²) in [6.07, 6.45) is -4.70. The van der Waals surface area contributed by atoms with Crippen LogP contribution in [0.4, 0.5) is 18.9 Å². The van der Waals surface area contributed by atoms with Gasteiger partial charge >= 0.3 is 18.1 Å². The van der Waals surface area contributed by atoms with Crippen LogP contribution in [0.25, 0.3) is 0 Å². The number of carbonyl (C=O) groups is 2. The predicted octanol–water partition coefficient (Wildman–Crippen LogP) is 2.47. The highest BCUT2D eigenvalue weighted by atomic mass is 35.5. The number of esters is 1. The Labute approximate surface area is 105 Å². The minimum Gasteiger partial charge on any atom is -0.462 e. The number of nitrogens with one attached hydrogen (secondary N) is 1. The van der Waals surface area contributed by atoms with Crippen LogP contribution in [0.15, 0.2) is 18.2 Å². The van der Waals surface area contributed by atoms with E-state index in [4.69, 9.17) is 11.6 Å². The Morgan fingerprint density at radius 2 is 1.94 bits per heavy atom. The topological polar surface area (TPSA) is 55.4 Å². The summed E-state index contributed by atoms with van der Waals surface area (Å²) in [5.41, 5.74) is -1.82. The lowest BCUT2D eigenvalue weighted by Crippen LogP contribution is -2.25. The number of benzene rings is 1. The molecule has 0 aromatic heterocycles. The summed E-state index contributed by atoms with van der Waals surface area (Å²) in [6.45, 7) is 0. The van der Waals surface area contributed by atoms with Crippen molar-refractivity contribution in [2.24, 2.45) is 0 Å². The lowest BCUT2D eigenvalue weighted by molar-refractivity contribution is -0.150. The van der Waals surface area contributed by atoms with Gasteiger partial charge in [-0.25, -0.2) is 4.79 Å². The second kappa shape index (κ2) is 5.26. The molecule has 0 spiro atoms. The summed E-state index contributed by atoms with van der Waals surface area (Å²) in [6, 6.07) is 2.97. The summed E-state index contributed by atoms with van der Waals surface area (Å²) in [7, 11) is 0.930. The van der Waals surface area contributed by atoms with Crippen molar-refractivity contribution >= 4 is 29.2 Å². The number of hydrogen-bond donors (Lipinski definition) is 1. The Kier molecular flexibility index (Phi) is 4.18. The van der Waals surface area contributed by atoms with Gasteiger partial charge in [0.15, 0.2) is 0 Å². The zero-order valence-corrected chi connectivity index (χ0v) is 9.72. The second-order valence-corrected chi connectivity index (χ2v) is 3.51. The molecule has 0 unspecified atom stereocenters. The maximum absolute atomic E-state index is 12.6. The Balaban J connectivity index is 3.16. The van der Waals surface area contributed by atoms with Gasteiger partial charge < -0.3 is 10.1 Å². The van der Waals surface area contributed by atoms with Gasteiger partial charge in [0.2, 0.25) is 0 Å². The number of hydrogen-bond acceptors (Lipinski definition) is 3. The molecule has 1 rings (SSSR count). The Morgan fingerprint density at radius 3 is 2.44 bits per heavy atom. The molecule has 1 N–H and O–H groups in total. The van der Waals surface area contributed by atoms with E-state index in [1.54, 1.807) is 5.32 Å². The number of anilines is 1. The van der Waals surface area contributed by atoms with Crippen LogP contribution in [-0.4, -0.2) is 19.0 Å². The monoisotopic (exact) mass is 281 g/mol. The lowest BCUT2D eigenvalue weighted by atomic mass is 10.1. The van der Waals surface area contributed by atoms with Crippen molar-refractivity contribution in [2.45, 2.75) is 6.18 Å². The smallest absolute Gasteiger partial charge is 0.418 e. The number of carbonyl (C=O) groups excluding carboxylic acids is 2. The number of methoxy groups -OCH3 is 1. The van der Waals surface area contributed by atoms with Crippen molar-refractivity contribution in [1.29, 1.82) is 0 Å². The zero-order valence-electron chi connectivity index (χ0n) is 8.97. The number of alkyl halides is 3. The largest absolute Gasteiger partial charge is 0.462 e. The third-order valence-corrected chi connectivity index (χ3v) is 2.24. The minimum atomic E-state index is -4.70. The molecular formula is C10H7ClF3NO3. The van der Waals surface area contributed by atoms with E-state index >= 15 is 0 Å². The quantitative estimate of drug-likeness (QED) is 0.635. The predicted molar refractivity (Wildman–Crippen MR) is 57.1 cm³/mol. The molecule has 4 nitrogen and oxygen atoms in total. The SMILES string of the molecule is COC(=O)C(=O)Nc1c(Cl)cccc1C(F)(F)F. The molecule has 0 heterocycles. The molecule has 0 fully saturated rings. The van der Waals surface area contributed by atoms with E-state index in [-0.39, 0.29) is 5.02 Å². The highest BCUT2D eigenvalue weighted by Gasteiger charge is 2.35. The zero-order chi connectivity index (χ0) is 13.9. The van der Waals surface area contributed by atoms with Crippen LogP contribution in [0.5, 0.6) is 0 Å². The van der Waals surface area contributed by atoms with Gasteiger partial charge in [0.05, 0.1) is 23.4 Å². The molecule has 0 aliphatic rings. The van der Waals surface area contributed by atoms with E-state index < -0.39 is 29.3 Å².